The fourth-order valence-electron chi connectivity index (χ4n) is 10.9. The van der Waals surface area contributed by atoms with Crippen molar-refractivity contribution in [2.45, 2.75) is 180 Å². The van der Waals surface area contributed by atoms with Gasteiger partial charge in [-0.2, -0.15) is 0 Å². The van der Waals surface area contributed by atoms with Gasteiger partial charge in [0.2, 0.25) is 17.7 Å². The average Bonchev–Trinajstić information content (AvgIpc) is 4.02. The fourth-order valence-corrected chi connectivity index (χ4v) is 10.9. The van der Waals surface area contributed by atoms with Gasteiger partial charge < -0.3 is 29.5 Å². The van der Waals surface area contributed by atoms with Gasteiger partial charge >= 0.3 is 0 Å². The zero-order chi connectivity index (χ0) is 46.4. The van der Waals surface area contributed by atoms with Crippen LogP contribution in [0.4, 0.5) is 17.5 Å². The first kappa shape index (κ1) is 47.4. The molecule has 0 bridgehead atoms. The van der Waals surface area contributed by atoms with Gasteiger partial charge in [-0.3, -0.25) is 29.1 Å². The zero-order valence-electron chi connectivity index (χ0n) is 40.9. The van der Waals surface area contributed by atoms with Crippen molar-refractivity contribution in [3.8, 4) is 0 Å². The summed E-state index contributed by atoms with van der Waals surface area (Å²) in [6, 6.07) is 5.35. The minimum absolute atomic E-state index is 0.0170. The van der Waals surface area contributed by atoms with Gasteiger partial charge in [0.1, 0.15) is 17.3 Å². The van der Waals surface area contributed by atoms with Gasteiger partial charge in [0.25, 0.3) is 0 Å². The Morgan fingerprint density at radius 3 is 1.69 bits per heavy atom. The predicted octanol–water partition coefficient (Wildman–Crippen LogP) is 8.60. The number of nitrogens with zero attached hydrogens (tertiary/aromatic N) is 6. The van der Waals surface area contributed by atoms with Gasteiger partial charge in [-0.25, -0.2) is 0 Å². The Hall–Kier alpha value is -4.08. The molecule has 0 radical (unpaired) electrons. The van der Waals surface area contributed by atoms with E-state index in [-0.39, 0.29) is 52.1 Å². The molecule has 3 aliphatic heterocycles. The average molecular weight is 900 g/mol. The number of piperidine rings is 3. The molecule has 5 fully saturated rings. The Kier molecular flexibility index (Phi) is 13.8. The Balaban J connectivity index is 0.896. The molecule has 358 valence electrons. The highest BCUT2D eigenvalue weighted by molar-refractivity contribution is 5.95. The van der Waals surface area contributed by atoms with E-state index in [1.165, 1.54) is 0 Å². The van der Waals surface area contributed by atoms with E-state index in [2.05, 4.69) is 115 Å². The van der Waals surface area contributed by atoms with Crippen LogP contribution in [0.3, 0.4) is 0 Å². The summed E-state index contributed by atoms with van der Waals surface area (Å²) in [6.45, 7) is 25.3. The quantitative estimate of drug-likeness (QED) is 0.141. The second-order valence-corrected chi connectivity index (χ2v) is 23.6. The van der Waals surface area contributed by atoms with Crippen molar-refractivity contribution < 1.29 is 28.0 Å². The summed E-state index contributed by atoms with van der Waals surface area (Å²) in [7, 11) is 0. The fraction of sp³-hybridized carbons (Fsp3) is 0.760. The monoisotopic (exact) mass is 900 g/mol. The van der Waals surface area contributed by atoms with Crippen LogP contribution >= 0.6 is 0 Å². The number of nitrogens with one attached hydrogen (secondary N) is 3. The summed E-state index contributed by atoms with van der Waals surface area (Å²) in [5.41, 5.74) is -0.614. The lowest BCUT2D eigenvalue weighted by Gasteiger charge is -2.41. The standard InChI is InChI=1S/C50H77N9O6/c1-30(28-57-18-12-11-13-36(57)45(60)51-42-25-39(63-54-42)48(2,3)4)21-31-16-19-58(37(22-31)46(61)52-43-26-40(64-55-43)49(5,6)7)29-33-23-35(33)32-17-20-59(34-14-15-34)38(24-32)47(62)53-44-27-41(65-56-44)50(8,9)10/h25-27,30-38H,11-24,28-29H2,1-10H3,(H,51,54,60)(H,52,55,61)(H,53,56,62)/t30?,31?,32?,33?,35?,36?,37-,38-/m0/s1. The number of hydrogen-bond donors (Lipinski definition) is 3. The van der Waals surface area contributed by atoms with Gasteiger partial charge in [-0.05, 0) is 113 Å². The van der Waals surface area contributed by atoms with Crippen LogP contribution in [0.2, 0.25) is 0 Å². The van der Waals surface area contributed by atoms with Crippen LogP contribution in [-0.2, 0) is 30.6 Å². The third kappa shape index (κ3) is 11.7. The first-order valence-electron chi connectivity index (χ1n) is 24.8. The summed E-state index contributed by atoms with van der Waals surface area (Å²) in [5, 5.41) is 21.9. The molecule has 3 aromatic rings. The number of carbonyl (C=O) groups is 3. The van der Waals surface area contributed by atoms with Gasteiger partial charge in [0.05, 0.1) is 18.1 Å². The van der Waals surface area contributed by atoms with Crippen molar-refractivity contribution in [1.82, 2.24) is 30.2 Å². The lowest BCUT2D eigenvalue weighted by atomic mass is 9.83. The molecular weight excluding hydrogens is 823 g/mol. The van der Waals surface area contributed by atoms with E-state index in [9.17, 15) is 14.4 Å². The van der Waals surface area contributed by atoms with E-state index in [1.54, 1.807) is 0 Å². The van der Waals surface area contributed by atoms with Crippen LogP contribution in [0.5, 0.6) is 0 Å². The Morgan fingerprint density at radius 1 is 0.631 bits per heavy atom. The maximum atomic E-state index is 14.4. The highest BCUT2D eigenvalue weighted by Crippen LogP contribution is 2.51. The van der Waals surface area contributed by atoms with Crippen LogP contribution in [0, 0.1) is 29.6 Å². The highest BCUT2D eigenvalue weighted by atomic mass is 16.5. The van der Waals surface area contributed by atoms with Crippen molar-refractivity contribution >= 4 is 35.2 Å². The summed E-state index contributed by atoms with van der Waals surface area (Å²) in [6.07, 6.45) is 11.1. The molecule has 8 atom stereocenters. The lowest BCUT2D eigenvalue weighted by Crippen LogP contribution is -2.51. The predicted molar refractivity (Wildman–Crippen MR) is 250 cm³/mol. The third-order valence-corrected chi connectivity index (χ3v) is 14.9. The second kappa shape index (κ2) is 18.9. The SMILES string of the molecule is CC(CC1CCN(CC2CC2C2CCN(C3CC3)[C@H](C(=O)Nc3cc(C(C)(C)C)on3)C2)[C@H](C(=O)Nc2cc(C(C)(C)C)on2)C1)CN1CCCCC1C(=O)Nc1cc(C(C)(C)C)on1. The van der Waals surface area contributed by atoms with Crippen molar-refractivity contribution in [2.24, 2.45) is 29.6 Å². The molecule has 15 heteroatoms. The minimum Gasteiger partial charge on any atom is -0.359 e. The molecule has 3 N–H and O–H groups in total. The Morgan fingerprint density at radius 2 is 1.17 bits per heavy atom. The molecule has 8 rings (SSSR count). The topological polar surface area (TPSA) is 175 Å². The van der Waals surface area contributed by atoms with Gasteiger partial charge in [-0.15, -0.1) is 0 Å². The molecule has 0 aromatic carbocycles. The van der Waals surface area contributed by atoms with E-state index in [4.69, 9.17) is 13.6 Å². The maximum Gasteiger partial charge on any atom is 0.242 e. The molecule has 2 aliphatic carbocycles. The number of carbonyl (C=O) groups excluding carboxylic acids is 3. The lowest BCUT2D eigenvalue weighted by molar-refractivity contribution is -0.124. The molecule has 15 nitrogen and oxygen atoms in total. The van der Waals surface area contributed by atoms with Crippen molar-refractivity contribution in [1.29, 1.82) is 0 Å². The van der Waals surface area contributed by atoms with Crippen LogP contribution in [0.1, 0.15) is 157 Å². The summed E-state index contributed by atoms with van der Waals surface area (Å²) >= 11 is 0. The molecule has 6 unspecified atom stereocenters. The van der Waals surface area contributed by atoms with Crippen molar-refractivity contribution in [3.05, 3.63) is 35.5 Å². The first-order chi connectivity index (χ1) is 30.7. The second-order valence-electron chi connectivity index (χ2n) is 23.6. The van der Waals surface area contributed by atoms with E-state index in [0.717, 1.165) is 121 Å². The highest BCUT2D eigenvalue weighted by Gasteiger charge is 2.50. The Labute approximate surface area is 386 Å². The van der Waals surface area contributed by atoms with Crippen molar-refractivity contribution in [3.63, 3.8) is 0 Å². The van der Waals surface area contributed by atoms with E-state index >= 15 is 0 Å². The first-order valence-corrected chi connectivity index (χ1v) is 24.8. The molecule has 3 aromatic heterocycles. The minimum atomic E-state index is -0.290. The number of aromatic nitrogens is 3. The molecule has 65 heavy (non-hydrogen) atoms. The maximum absolute atomic E-state index is 14.4. The van der Waals surface area contributed by atoms with Crippen LogP contribution < -0.4 is 16.0 Å². The number of hydrogen-bond acceptors (Lipinski definition) is 12. The van der Waals surface area contributed by atoms with E-state index < -0.39 is 0 Å². The number of rotatable bonds is 14. The molecule has 6 heterocycles. The number of anilines is 3. The van der Waals surface area contributed by atoms with Gasteiger partial charge in [0, 0.05) is 53.6 Å². The number of amides is 3. The summed E-state index contributed by atoms with van der Waals surface area (Å²) in [4.78, 5) is 49.2. The Bertz CT molecular complexity index is 2120. The van der Waals surface area contributed by atoms with E-state index in [1.807, 2.05) is 18.2 Å². The van der Waals surface area contributed by atoms with Crippen LogP contribution in [0.15, 0.2) is 31.8 Å². The van der Waals surface area contributed by atoms with Crippen LogP contribution in [-0.4, -0.2) is 105 Å². The summed E-state index contributed by atoms with van der Waals surface area (Å²) < 4.78 is 16.8. The van der Waals surface area contributed by atoms with E-state index in [0.29, 0.717) is 53.1 Å². The van der Waals surface area contributed by atoms with Gasteiger partial charge in [-0.1, -0.05) is 91.1 Å². The van der Waals surface area contributed by atoms with Gasteiger partial charge in [0.15, 0.2) is 17.5 Å². The summed E-state index contributed by atoms with van der Waals surface area (Å²) in [5.74, 6) is 5.81. The molecule has 0 spiro atoms. The molecular formula is C50H77N9O6. The normalized spacial score (nSPS) is 27.9. The smallest absolute Gasteiger partial charge is 0.242 e. The largest absolute Gasteiger partial charge is 0.359 e. The molecule has 5 aliphatic rings. The third-order valence-electron chi connectivity index (χ3n) is 14.9. The van der Waals surface area contributed by atoms with Crippen LogP contribution in [0.25, 0.3) is 0 Å². The number of likely N-dealkylation sites (tertiary alicyclic amines) is 3. The molecule has 2 saturated carbocycles. The van der Waals surface area contributed by atoms with Crippen molar-refractivity contribution in [2.75, 3.05) is 48.7 Å². The zero-order valence-corrected chi connectivity index (χ0v) is 40.9. The molecule has 3 saturated heterocycles. The molecule has 3 amide bonds.